The third-order valence-corrected chi connectivity index (χ3v) is 6.32. The van der Waals surface area contributed by atoms with E-state index in [0.29, 0.717) is 11.3 Å². The lowest BCUT2D eigenvalue weighted by Crippen LogP contribution is -2.33. The average Bonchev–Trinajstić information content (AvgIpc) is 2.89. The molecule has 2 fully saturated rings. The van der Waals surface area contributed by atoms with Gasteiger partial charge in [-0.05, 0) is 61.5 Å². The first-order valence-corrected chi connectivity index (χ1v) is 8.41. The quantitative estimate of drug-likeness (QED) is 0.650. The molecule has 0 radical (unpaired) electrons. The molecule has 3 aliphatic carbocycles. The number of aromatic nitrogens is 1. The van der Waals surface area contributed by atoms with E-state index in [0.717, 1.165) is 12.3 Å². The first-order valence-electron chi connectivity index (χ1n) is 8.41. The fraction of sp³-hybridized carbons (Fsp3) is 0.632. The zero-order valence-corrected chi connectivity index (χ0v) is 12.4. The molecule has 1 atom stereocenters. The third-order valence-electron chi connectivity index (χ3n) is 6.32. The molecule has 0 amide bonds. The summed E-state index contributed by atoms with van der Waals surface area (Å²) >= 11 is 0. The van der Waals surface area contributed by atoms with Gasteiger partial charge < -0.3 is 0 Å². The summed E-state index contributed by atoms with van der Waals surface area (Å²) in [5, 5.41) is 0. The van der Waals surface area contributed by atoms with E-state index in [9.17, 15) is 0 Å². The summed E-state index contributed by atoms with van der Waals surface area (Å²) in [6.07, 6.45) is 14.3. The van der Waals surface area contributed by atoms with Crippen molar-refractivity contribution in [3.63, 3.8) is 0 Å². The Hall–Kier alpha value is -1.11. The molecular weight excluding hydrogens is 242 g/mol. The van der Waals surface area contributed by atoms with Crippen LogP contribution in [0.3, 0.4) is 0 Å². The van der Waals surface area contributed by atoms with E-state index in [1.54, 1.807) is 0 Å². The maximum absolute atomic E-state index is 4.82. The van der Waals surface area contributed by atoms with Gasteiger partial charge in [0.15, 0.2) is 0 Å². The molecule has 0 aliphatic heterocycles. The van der Waals surface area contributed by atoms with Gasteiger partial charge in [0.1, 0.15) is 0 Å². The van der Waals surface area contributed by atoms with E-state index >= 15 is 0 Å². The summed E-state index contributed by atoms with van der Waals surface area (Å²) in [4.78, 5) is 4.82. The zero-order valence-electron chi connectivity index (χ0n) is 12.4. The van der Waals surface area contributed by atoms with Crippen LogP contribution < -0.4 is 0 Å². The van der Waals surface area contributed by atoms with Crippen LogP contribution in [-0.2, 0) is 6.42 Å². The van der Waals surface area contributed by atoms with Crippen molar-refractivity contribution in [1.29, 1.82) is 0 Å². The first-order chi connectivity index (χ1) is 9.78. The van der Waals surface area contributed by atoms with Crippen molar-refractivity contribution in [1.82, 2.24) is 4.98 Å². The summed E-state index contributed by atoms with van der Waals surface area (Å²) in [5.41, 5.74) is 4.86. The standard InChI is InChI=1S/C19H25N/c1-14-12-16-8-4-11-20-18(16)17(15-6-2-3-7-15)13-19(14)9-5-10-19/h4,8,11,15,17H,1-3,5-7,9-10,12-13H2. The van der Waals surface area contributed by atoms with E-state index in [1.807, 2.05) is 6.20 Å². The summed E-state index contributed by atoms with van der Waals surface area (Å²) in [5.74, 6) is 1.58. The maximum atomic E-state index is 4.82. The molecule has 2 saturated carbocycles. The second-order valence-corrected chi connectivity index (χ2v) is 7.32. The van der Waals surface area contributed by atoms with Crippen LogP contribution in [0.5, 0.6) is 0 Å². The molecule has 3 aliphatic rings. The van der Waals surface area contributed by atoms with Gasteiger partial charge >= 0.3 is 0 Å². The van der Waals surface area contributed by atoms with Crippen molar-refractivity contribution in [2.75, 3.05) is 0 Å². The van der Waals surface area contributed by atoms with Crippen LogP contribution >= 0.6 is 0 Å². The lowest BCUT2D eigenvalue weighted by Gasteiger charge is -2.45. The number of hydrogen-bond donors (Lipinski definition) is 0. The Kier molecular flexibility index (Phi) is 2.98. The summed E-state index contributed by atoms with van der Waals surface area (Å²) in [6.45, 7) is 4.48. The van der Waals surface area contributed by atoms with Crippen LogP contribution in [-0.4, -0.2) is 4.98 Å². The molecule has 1 heteroatoms. The van der Waals surface area contributed by atoms with E-state index < -0.39 is 0 Å². The van der Waals surface area contributed by atoms with Crippen LogP contribution in [0.4, 0.5) is 0 Å². The lowest BCUT2D eigenvalue weighted by atomic mass is 9.59. The predicted molar refractivity (Wildman–Crippen MR) is 82.7 cm³/mol. The highest BCUT2D eigenvalue weighted by Gasteiger charge is 2.45. The van der Waals surface area contributed by atoms with Gasteiger partial charge in [-0.25, -0.2) is 0 Å². The number of pyridine rings is 1. The van der Waals surface area contributed by atoms with Crippen LogP contribution in [0.25, 0.3) is 0 Å². The highest BCUT2D eigenvalue weighted by molar-refractivity contribution is 5.35. The maximum Gasteiger partial charge on any atom is 0.0472 e. The molecule has 4 rings (SSSR count). The molecule has 0 saturated heterocycles. The Morgan fingerprint density at radius 2 is 1.95 bits per heavy atom. The van der Waals surface area contributed by atoms with Gasteiger partial charge in [-0.2, -0.15) is 0 Å². The van der Waals surface area contributed by atoms with Crippen molar-refractivity contribution >= 4 is 0 Å². The number of allylic oxidation sites excluding steroid dienone is 1. The first kappa shape index (κ1) is 12.6. The Bertz CT molecular complexity index is 520. The van der Waals surface area contributed by atoms with Crippen molar-refractivity contribution in [3.05, 3.63) is 41.7 Å². The molecule has 0 N–H and O–H groups in total. The Morgan fingerprint density at radius 3 is 2.65 bits per heavy atom. The average molecular weight is 267 g/mol. The minimum atomic E-state index is 0.466. The molecule has 1 aromatic rings. The van der Waals surface area contributed by atoms with E-state index in [-0.39, 0.29) is 0 Å². The Labute approximate surface area is 122 Å². The number of fused-ring (bicyclic) bond motifs is 1. The molecule has 106 valence electrons. The fourth-order valence-electron chi connectivity index (χ4n) is 4.92. The molecule has 1 nitrogen and oxygen atoms in total. The van der Waals surface area contributed by atoms with Crippen molar-refractivity contribution in [2.45, 2.75) is 63.7 Å². The molecule has 0 aromatic carbocycles. The van der Waals surface area contributed by atoms with Gasteiger partial charge in [0.05, 0.1) is 0 Å². The topological polar surface area (TPSA) is 12.9 Å². The predicted octanol–water partition coefficient (Wildman–Crippen LogP) is 5.03. The molecule has 0 bridgehead atoms. The normalized spacial score (nSPS) is 29.0. The van der Waals surface area contributed by atoms with Crippen LogP contribution in [0, 0.1) is 11.3 Å². The van der Waals surface area contributed by atoms with E-state index in [4.69, 9.17) is 4.98 Å². The minimum absolute atomic E-state index is 0.466. The lowest BCUT2D eigenvalue weighted by molar-refractivity contribution is 0.142. The number of hydrogen-bond acceptors (Lipinski definition) is 1. The van der Waals surface area contributed by atoms with Gasteiger partial charge in [0.2, 0.25) is 0 Å². The largest absolute Gasteiger partial charge is 0.261 e. The van der Waals surface area contributed by atoms with Crippen molar-refractivity contribution in [2.24, 2.45) is 11.3 Å². The van der Waals surface area contributed by atoms with Gasteiger partial charge in [0.25, 0.3) is 0 Å². The molecule has 1 spiro atoms. The van der Waals surface area contributed by atoms with Gasteiger partial charge in [0, 0.05) is 17.8 Å². The molecule has 1 unspecified atom stereocenters. The Morgan fingerprint density at radius 1 is 1.15 bits per heavy atom. The SMILES string of the molecule is C=C1Cc2cccnc2C(C2CCCC2)CC12CCC2. The smallest absolute Gasteiger partial charge is 0.0472 e. The second-order valence-electron chi connectivity index (χ2n) is 7.32. The van der Waals surface area contributed by atoms with E-state index in [1.165, 1.54) is 68.2 Å². The Balaban J connectivity index is 1.76. The van der Waals surface area contributed by atoms with Gasteiger partial charge in [-0.3, -0.25) is 4.98 Å². The summed E-state index contributed by atoms with van der Waals surface area (Å²) < 4.78 is 0. The molecule has 1 heterocycles. The molecular formula is C19H25N. The van der Waals surface area contributed by atoms with Crippen molar-refractivity contribution in [3.8, 4) is 0 Å². The third kappa shape index (κ3) is 1.86. The zero-order chi connectivity index (χ0) is 13.6. The molecule has 1 aromatic heterocycles. The number of nitrogens with zero attached hydrogens (tertiary/aromatic N) is 1. The summed E-state index contributed by atoms with van der Waals surface area (Å²) in [6, 6.07) is 4.41. The highest BCUT2D eigenvalue weighted by Crippen LogP contribution is 2.57. The number of rotatable bonds is 1. The second kappa shape index (κ2) is 4.72. The fourth-order valence-corrected chi connectivity index (χ4v) is 4.92. The summed E-state index contributed by atoms with van der Waals surface area (Å²) in [7, 11) is 0. The van der Waals surface area contributed by atoms with E-state index in [2.05, 4.69) is 18.7 Å². The van der Waals surface area contributed by atoms with Gasteiger partial charge in [-0.1, -0.05) is 37.5 Å². The van der Waals surface area contributed by atoms with Gasteiger partial charge in [-0.15, -0.1) is 0 Å². The van der Waals surface area contributed by atoms with Crippen molar-refractivity contribution < 1.29 is 0 Å². The van der Waals surface area contributed by atoms with Crippen LogP contribution in [0.1, 0.15) is 68.5 Å². The van der Waals surface area contributed by atoms with Crippen LogP contribution in [0.2, 0.25) is 0 Å². The monoisotopic (exact) mass is 267 g/mol. The van der Waals surface area contributed by atoms with Crippen LogP contribution in [0.15, 0.2) is 30.5 Å². The molecule has 20 heavy (non-hydrogen) atoms. The minimum Gasteiger partial charge on any atom is -0.261 e. The highest BCUT2D eigenvalue weighted by atomic mass is 14.7.